The van der Waals surface area contributed by atoms with Gasteiger partial charge in [0.1, 0.15) is 0 Å². The van der Waals surface area contributed by atoms with Gasteiger partial charge in [0, 0.05) is 12.5 Å². The minimum absolute atomic E-state index is 0.0874. The van der Waals surface area contributed by atoms with Gasteiger partial charge >= 0.3 is 5.97 Å². The predicted octanol–water partition coefficient (Wildman–Crippen LogP) is 2.03. The first-order valence-corrected chi connectivity index (χ1v) is 5.20. The van der Waals surface area contributed by atoms with Crippen LogP contribution in [0.1, 0.15) is 31.4 Å². The van der Waals surface area contributed by atoms with Gasteiger partial charge in [-0.3, -0.25) is 4.79 Å². The van der Waals surface area contributed by atoms with Crippen molar-refractivity contribution in [1.29, 1.82) is 0 Å². The van der Waals surface area contributed by atoms with Crippen LogP contribution in [0.15, 0.2) is 30.3 Å². The number of esters is 1. The lowest BCUT2D eigenvalue weighted by atomic mass is 10.0. The molecule has 1 unspecified atom stereocenters. The summed E-state index contributed by atoms with van der Waals surface area (Å²) in [5.74, 6) is -0.177. The van der Waals surface area contributed by atoms with Crippen LogP contribution in [-0.4, -0.2) is 12.6 Å². The van der Waals surface area contributed by atoms with Gasteiger partial charge in [-0.1, -0.05) is 30.3 Å². The van der Waals surface area contributed by atoms with Crippen molar-refractivity contribution in [3.8, 4) is 0 Å². The van der Waals surface area contributed by atoms with Gasteiger partial charge in [0.15, 0.2) is 0 Å². The summed E-state index contributed by atoms with van der Waals surface area (Å²) in [6.07, 6.45) is 1.01. The lowest BCUT2D eigenvalue weighted by molar-refractivity contribution is -0.143. The predicted molar refractivity (Wildman–Crippen MR) is 59.2 cm³/mol. The molecule has 0 radical (unpaired) electrons. The highest BCUT2D eigenvalue weighted by atomic mass is 16.5. The zero-order valence-electron chi connectivity index (χ0n) is 8.98. The van der Waals surface area contributed by atoms with Crippen LogP contribution < -0.4 is 5.73 Å². The molecule has 2 N–H and O–H groups in total. The molecule has 0 aromatic heterocycles. The van der Waals surface area contributed by atoms with Crippen molar-refractivity contribution >= 4 is 5.97 Å². The Bertz CT molecular complexity index is 298. The maximum atomic E-state index is 11.1. The van der Waals surface area contributed by atoms with Crippen molar-refractivity contribution in [2.75, 3.05) is 6.61 Å². The molecule has 1 atom stereocenters. The summed E-state index contributed by atoms with van der Waals surface area (Å²) in [4.78, 5) is 11.1. The minimum Gasteiger partial charge on any atom is -0.466 e. The average Bonchev–Trinajstić information content (AvgIpc) is 2.27. The van der Waals surface area contributed by atoms with Crippen molar-refractivity contribution in [3.05, 3.63) is 35.9 Å². The SMILES string of the molecule is CCOC(=O)CCC(N)c1ccccc1. The normalized spacial score (nSPS) is 12.1. The van der Waals surface area contributed by atoms with Crippen molar-refractivity contribution < 1.29 is 9.53 Å². The second-order valence-corrected chi connectivity index (χ2v) is 3.36. The summed E-state index contributed by atoms with van der Waals surface area (Å²) in [5.41, 5.74) is 6.99. The van der Waals surface area contributed by atoms with Crippen LogP contribution in [0.3, 0.4) is 0 Å². The molecule has 0 spiro atoms. The highest BCUT2D eigenvalue weighted by molar-refractivity contribution is 5.69. The smallest absolute Gasteiger partial charge is 0.305 e. The Labute approximate surface area is 90.2 Å². The van der Waals surface area contributed by atoms with E-state index in [-0.39, 0.29) is 12.0 Å². The Hall–Kier alpha value is -1.35. The summed E-state index contributed by atoms with van der Waals surface area (Å²) >= 11 is 0. The van der Waals surface area contributed by atoms with E-state index in [9.17, 15) is 4.79 Å². The summed E-state index contributed by atoms with van der Waals surface area (Å²) in [6.45, 7) is 2.23. The Morgan fingerprint density at radius 2 is 2.07 bits per heavy atom. The number of rotatable bonds is 5. The van der Waals surface area contributed by atoms with Gasteiger partial charge in [-0.2, -0.15) is 0 Å². The molecule has 1 aromatic carbocycles. The van der Waals surface area contributed by atoms with Gasteiger partial charge in [-0.25, -0.2) is 0 Å². The number of hydrogen-bond donors (Lipinski definition) is 1. The molecule has 82 valence electrons. The Morgan fingerprint density at radius 3 is 2.67 bits per heavy atom. The molecule has 1 aromatic rings. The standard InChI is InChI=1S/C12H17NO2/c1-2-15-12(14)9-8-11(13)10-6-4-3-5-7-10/h3-7,11H,2,8-9,13H2,1H3. The minimum atomic E-state index is -0.177. The molecule has 0 bridgehead atoms. The molecule has 0 saturated heterocycles. The largest absolute Gasteiger partial charge is 0.466 e. The van der Waals surface area contributed by atoms with E-state index in [0.29, 0.717) is 19.4 Å². The molecule has 1 rings (SSSR count). The fraction of sp³-hybridized carbons (Fsp3) is 0.417. The van der Waals surface area contributed by atoms with Crippen LogP contribution in [0, 0.1) is 0 Å². The van der Waals surface area contributed by atoms with E-state index < -0.39 is 0 Å². The van der Waals surface area contributed by atoms with Gasteiger partial charge in [0.05, 0.1) is 6.61 Å². The second-order valence-electron chi connectivity index (χ2n) is 3.36. The third kappa shape index (κ3) is 4.13. The van der Waals surface area contributed by atoms with Gasteiger partial charge in [-0.05, 0) is 18.9 Å². The molecule has 0 aliphatic rings. The lowest BCUT2D eigenvalue weighted by Crippen LogP contribution is -2.13. The second kappa shape index (κ2) is 6.19. The van der Waals surface area contributed by atoms with Crippen LogP contribution >= 0.6 is 0 Å². The third-order valence-corrected chi connectivity index (χ3v) is 2.19. The number of ether oxygens (including phenoxy) is 1. The lowest BCUT2D eigenvalue weighted by Gasteiger charge is -2.10. The Balaban J connectivity index is 2.37. The Morgan fingerprint density at radius 1 is 1.40 bits per heavy atom. The first-order valence-electron chi connectivity index (χ1n) is 5.20. The van der Waals surface area contributed by atoms with E-state index in [1.54, 1.807) is 6.92 Å². The Kier molecular flexibility index (Phi) is 4.84. The van der Waals surface area contributed by atoms with E-state index in [2.05, 4.69) is 0 Å². The molecule has 0 aliphatic heterocycles. The van der Waals surface area contributed by atoms with E-state index in [0.717, 1.165) is 5.56 Å². The molecule has 0 heterocycles. The molecule has 15 heavy (non-hydrogen) atoms. The van der Waals surface area contributed by atoms with Gasteiger partial charge in [-0.15, -0.1) is 0 Å². The zero-order chi connectivity index (χ0) is 11.1. The third-order valence-electron chi connectivity index (χ3n) is 2.19. The van der Waals surface area contributed by atoms with Crippen molar-refractivity contribution in [1.82, 2.24) is 0 Å². The van der Waals surface area contributed by atoms with Crippen LogP contribution in [0.5, 0.6) is 0 Å². The number of benzene rings is 1. The van der Waals surface area contributed by atoms with Crippen LogP contribution in [0.4, 0.5) is 0 Å². The van der Waals surface area contributed by atoms with Gasteiger partial charge in [0.25, 0.3) is 0 Å². The molecule has 0 fully saturated rings. The average molecular weight is 207 g/mol. The van der Waals surface area contributed by atoms with Crippen molar-refractivity contribution in [3.63, 3.8) is 0 Å². The van der Waals surface area contributed by atoms with Gasteiger partial charge < -0.3 is 10.5 Å². The fourth-order valence-corrected chi connectivity index (χ4v) is 1.37. The quantitative estimate of drug-likeness (QED) is 0.751. The van der Waals surface area contributed by atoms with Crippen molar-refractivity contribution in [2.24, 2.45) is 5.73 Å². The van der Waals surface area contributed by atoms with Gasteiger partial charge in [0.2, 0.25) is 0 Å². The monoisotopic (exact) mass is 207 g/mol. The highest BCUT2D eigenvalue weighted by Gasteiger charge is 2.08. The van der Waals surface area contributed by atoms with Crippen LogP contribution in [0.2, 0.25) is 0 Å². The summed E-state index contributed by atoms with van der Waals surface area (Å²) < 4.78 is 4.83. The first-order chi connectivity index (χ1) is 7.24. The zero-order valence-corrected chi connectivity index (χ0v) is 8.98. The van der Waals surface area contributed by atoms with E-state index in [1.165, 1.54) is 0 Å². The molecule has 0 saturated carbocycles. The van der Waals surface area contributed by atoms with E-state index in [1.807, 2.05) is 30.3 Å². The molecular weight excluding hydrogens is 190 g/mol. The summed E-state index contributed by atoms with van der Waals surface area (Å²) in [7, 11) is 0. The molecule has 3 heteroatoms. The van der Waals surface area contributed by atoms with E-state index in [4.69, 9.17) is 10.5 Å². The number of hydrogen-bond acceptors (Lipinski definition) is 3. The maximum Gasteiger partial charge on any atom is 0.305 e. The van der Waals surface area contributed by atoms with Crippen molar-refractivity contribution in [2.45, 2.75) is 25.8 Å². The summed E-state index contributed by atoms with van der Waals surface area (Å²) in [5, 5.41) is 0. The molecule has 0 amide bonds. The maximum absolute atomic E-state index is 11.1. The number of carbonyl (C=O) groups is 1. The van der Waals surface area contributed by atoms with Crippen LogP contribution in [0.25, 0.3) is 0 Å². The molecule has 3 nitrogen and oxygen atoms in total. The van der Waals surface area contributed by atoms with E-state index >= 15 is 0 Å². The number of carbonyl (C=O) groups excluding carboxylic acids is 1. The summed E-state index contributed by atoms with van der Waals surface area (Å²) in [6, 6.07) is 9.68. The molecule has 0 aliphatic carbocycles. The highest BCUT2D eigenvalue weighted by Crippen LogP contribution is 2.15. The first kappa shape index (κ1) is 11.7. The molecular formula is C12H17NO2. The van der Waals surface area contributed by atoms with Crippen LogP contribution in [-0.2, 0) is 9.53 Å². The topological polar surface area (TPSA) is 52.3 Å². The fourth-order valence-electron chi connectivity index (χ4n) is 1.37. The number of nitrogens with two attached hydrogens (primary N) is 1.